The Morgan fingerprint density at radius 3 is 2.37 bits per heavy atom. The molecule has 0 aliphatic heterocycles. The van der Waals surface area contributed by atoms with E-state index in [1.807, 2.05) is 32.0 Å². The molecule has 1 atom stereocenters. The molecule has 2 rings (SSSR count). The fourth-order valence-corrected chi connectivity index (χ4v) is 4.84. The highest BCUT2D eigenvalue weighted by Gasteiger charge is 2.26. The molecule has 7 nitrogen and oxygen atoms in total. The van der Waals surface area contributed by atoms with Gasteiger partial charge in [0.2, 0.25) is 21.8 Å². The van der Waals surface area contributed by atoms with Crippen LogP contribution in [0.4, 0.5) is 5.69 Å². The van der Waals surface area contributed by atoms with Gasteiger partial charge < -0.3 is 10.2 Å². The Morgan fingerprint density at radius 1 is 1.09 bits per heavy atom. The first-order chi connectivity index (χ1) is 16.5. The van der Waals surface area contributed by atoms with Gasteiger partial charge in [0.15, 0.2) is 0 Å². The van der Waals surface area contributed by atoms with Crippen molar-refractivity contribution in [1.82, 2.24) is 10.2 Å². The summed E-state index contributed by atoms with van der Waals surface area (Å²) >= 11 is 6.12. The van der Waals surface area contributed by atoms with Crippen molar-refractivity contribution in [2.24, 2.45) is 0 Å². The van der Waals surface area contributed by atoms with Crippen molar-refractivity contribution in [3.8, 4) is 0 Å². The van der Waals surface area contributed by atoms with E-state index in [0.29, 0.717) is 23.7 Å². The van der Waals surface area contributed by atoms with Crippen molar-refractivity contribution in [3.05, 3.63) is 64.7 Å². The Hall–Kier alpha value is -2.58. The second kappa shape index (κ2) is 13.5. The van der Waals surface area contributed by atoms with Gasteiger partial charge in [-0.15, -0.1) is 0 Å². The van der Waals surface area contributed by atoms with E-state index >= 15 is 0 Å². The van der Waals surface area contributed by atoms with Gasteiger partial charge in [-0.3, -0.25) is 13.9 Å². The van der Waals surface area contributed by atoms with Crippen LogP contribution in [0.25, 0.3) is 0 Å². The molecule has 0 aliphatic carbocycles. The number of carbonyl (C=O) groups excluding carboxylic acids is 2. The van der Waals surface area contributed by atoms with Gasteiger partial charge in [-0.25, -0.2) is 8.42 Å². The van der Waals surface area contributed by atoms with E-state index in [9.17, 15) is 18.0 Å². The minimum absolute atomic E-state index is 0.102. The second-order valence-corrected chi connectivity index (χ2v) is 11.1. The molecular formula is C26H36ClN3O4S. The molecule has 0 saturated carbocycles. The summed E-state index contributed by atoms with van der Waals surface area (Å²) < 4.78 is 26.1. The number of carbonyl (C=O) groups is 2. The predicted octanol–water partition coefficient (Wildman–Crippen LogP) is 4.53. The van der Waals surface area contributed by atoms with Crippen LogP contribution in [0.2, 0.25) is 5.02 Å². The van der Waals surface area contributed by atoms with Crippen molar-refractivity contribution >= 4 is 39.1 Å². The number of hydrogen-bond acceptors (Lipinski definition) is 4. The van der Waals surface area contributed by atoms with Gasteiger partial charge in [-0.1, -0.05) is 54.8 Å². The monoisotopic (exact) mass is 521 g/mol. The average molecular weight is 522 g/mol. The standard InChI is InChI=1S/C26H36ClN3O4S/c1-5-6-16-28-26(32)21(3)29(19-22-9-7-10-23(27)18-22)25(31)11-8-17-30(35(4,33)34)24-14-12-20(2)13-15-24/h7,9-10,12-15,18,21H,5-6,8,11,16-17,19H2,1-4H3,(H,28,32). The Kier molecular flexibility index (Phi) is 11.0. The minimum atomic E-state index is -3.52. The van der Waals surface area contributed by atoms with Crippen LogP contribution in [0.3, 0.4) is 0 Å². The Bertz CT molecular complexity index is 1090. The van der Waals surface area contributed by atoms with Crippen LogP contribution in [0.15, 0.2) is 48.5 Å². The third-order valence-electron chi connectivity index (χ3n) is 5.71. The molecule has 0 saturated heterocycles. The highest BCUT2D eigenvalue weighted by atomic mass is 35.5. The van der Waals surface area contributed by atoms with Crippen molar-refractivity contribution < 1.29 is 18.0 Å². The summed E-state index contributed by atoms with van der Waals surface area (Å²) in [7, 11) is -3.52. The first-order valence-corrected chi connectivity index (χ1v) is 14.1. The predicted molar refractivity (Wildman–Crippen MR) is 142 cm³/mol. The summed E-state index contributed by atoms with van der Waals surface area (Å²) in [6, 6.07) is 13.7. The van der Waals surface area contributed by atoms with Crippen molar-refractivity contribution in [2.45, 2.75) is 59.0 Å². The van der Waals surface area contributed by atoms with Gasteiger partial charge in [0.1, 0.15) is 6.04 Å². The quantitative estimate of drug-likeness (QED) is 0.392. The second-order valence-electron chi connectivity index (χ2n) is 8.75. The SMILES string of the molecule is CCCCNC(=O)C(C)N(Cc1cccc(Cl)c1)C(=O)CCCN(c1ccc(C)cc1)S(C)(=O)=O. The summed E-state index contributed by atoms with van der Waals surface area (Å²) in [6.07, 6.45) is 3.39. The zero-order chi connectivity index (χ0) is 26.0. The van der Waals surface area contributed by atoms with E-state index in [2.05, 4.69) is 5.32 Å². The number of hydrogen-bond donors (Lipinski definition) is 1. The summed E-state index contributed by atoms with van der Waals surface area (Å²) in [5.74, 6) is -0.438. The van der Waals surface area contributed by atoms with E-state index in [4.69, 9.17) is 11.6 Å². The lowest BCUT2D eigenvalue weighted by molar-refractivity contribution is -0.140. The molecule has 192 valence electrons. The van der Waals surface area contributed by atoms with Crippen LogP contribution < -0.4 is 9.62 Å². The first kappa shape index (κ1) is 28.7. The number of anilines is 1. The number of unbranched alkanes of at least 4 members (excludes halogenated alkanes) is 1. The van der Waals surface area contributed by atoms with Crippen LogP contribution in [-0.4, -0.2) is 50.5 Å². The molecule has 2 aromatic rings. The molecule has 2 aromatic carbocycles. The molecule has 35 heavy (non-hydrogen) atoms. The highest BCUT2D eigenvalue weighted by Crippen LogP contribution is 2.20. The molecule has 1 unspecified atom stereocenters. The zero-order valence-electron chi connectivity index (χ0n) is 21.0. The number of aryl methyl sites for hydroxylation is 1. The normalized spacial score (nSPS) is 12.1. The Balaban J connectivity index is 2.13. The minimum Gasteiger partial charge on any atom is -0.354 e. The van der Waals surface area contributed by atoms with E-state index < -0.39 is 16.1 Å². The van der Waals surface area contributed by atoms with Crippen LogP contribution in [0.5, 0.6) is 0 Å². The number of nitrogens with zero attached hydrogens (tertiary/aromatic N) is 2. The van der Waals surface area contributed by atoms with Crippen LogP contribution in [0.1, 0.15) is 50.7 Å². The van der Waals surface area contributed by atoms with Gasteiger partial charge in [-0.05, 0) is 56.5 Å². The third-order valence-corrected chi connectivity index (χ3v) is 7.14. The topological polar surface area (TPSA) is 86.8 Å². The number of benzene rings is 2. The number of sulfonamides is 1. The Labute approximate surface area is 214 Å². The molecule has 0 aromatic heterocycles. The number of amides is 2. The summed E-state index contributed by atoms with van der Waals surface area (Å²) in [6.45, 7) is 6.63. The molecule has 0 spiro atoms. The van der Waals surface area contributed by atoms with E-state index in [-0.39, 0.29) is 31.3 Å². The van der Waals surface area contributed by atoms with E-state index in [1.54, 1.807) is 37.3 Å². The molecule has 0 aliphatic rings. The number of rotatable bonds is 13. The fraction of sp³-hybridized carbons (Fsp3) is 0.462. The highest BCUT2D eigenvalue weighted by molar-refractivity contribution is 7.92. The molecule has 1 N–H and O–H groups in total. The van der Waals surface area contributed by atoms with Gasteiger partial charge in [0, 0.05) is 31.1 Å². The first-order valence-electron chi connectivity index (χ1n) is 11.9. The van der Waals surface area contributed by atoms with Gasteiger partial charge in [0.25, 0.3) is 0 Å². The molecule has 0 radical (unpaired) electrons. The smallest absolute Gasteiger partial charge is 0.242 e. The lowest BCUT2D eigenvalue weighted by atomic mass is 10.1. The van der Waals surface area contributed by atoms with E-state index in [1.165, 1.54) is 9.21 Å². The van der Waals surface area contributed by atoms with Crippen LogP contribution >= 0.6 is 11.6 Å². The average Bonchev–Trinajstić information content (AvgIpc) is 2.80. The van der Waals surface area contributed by atoms with Crippen LogP contribution in [-0.2, 0) is 26.2 Å². The molecule has 0 fully saturated rings. The fourth-order valence-electron chi connectivity index (χ4n) is 3.67. The molecular weight excluding hydrogens is 486 g/mol. The Morgan fingerprint density at radius 2 is 1.77 bits per heavy atom. The van der Waals surface area contributed by atoms with Crippen molar-refractivity contribution in [1.29, 1.82) is 0 Å². The summed E-state index contributed by atoms with van der Waals surface area (Å²) in [5.41, 5.74) is 2.40. The number of halogens is 1. The summed E-state index contributed by atoms with van der Waals surface area (Å²) in [5, 5.41) is 3.44. The molecule has 9 heteroatoms. The molecule has 2 amide bonds. The maximum atomic E-state index is 13.3. The van der Waals surface area contributed by atoms with Gasteiger partial charge in [0.05, 0.1) is 11.9 Å². The largest absolute Gasteiger partial charge is 0.354 e. The van der Waals surface area contributed by atoms with Crippen LogP contribution in [0, 0.1) is 6.92 Å². The zero-order valence-corrected chi connectivity index (χ0v) is 22.5. The maximum Gasteiger partial charge on any atom is 0.242 e. The van der Waals surface area contributed by atoms with Crippen molar-refractivity contribution in [2.75, 3.05) is 23.7 Å². The number of nitrogens with one attached hydrogen (secondary N) is 1. The third kappa shape index (κ3) is 9.18. The lowest BCUT2D eigenvalue weighted by Gasteiger charge is -2.29. The lowest BCUT2D eigenvalue weighted by Crippen LogP contribution is -2.48. The molecule has 0 heterocycles. The summed E-state index contributed by atoms with van der Waals surface area (Å²) in [4.78, 5) is 27.5. The van der Waals surface area contributed by atoms with Gasteiger partial charge >= 0.3 is 0 Å². The van der Waals surface area contributed by atoms with Crippen molar-refractivity contribution in [3.63, 3.8) is 0 Å². The molecule has 0 bridgehead atoms. The van der Waals surface area contributed by atoms with E-state index in [0.717, 1.165) is 30.2 Å². The maximum absolute atomic E-state index is 13.3. The van der Waals surface area contributed by atoms with Gasteiger partial charge in [-0.2, -0.15) is 0 Å².